The van der Waals surface area contributed by atoms with Gasteiger partial charge in [-0.3, -0.25) is 0 Å². The SMILES string of the molecule is CO[Si](C)(C)C1Cc2ccc(C=C[Si](C)(C)C)cc2CC1c1ccc2c(c1)CC(c1ccc3c(c1)CC3)C([Si](C)(C)O[Si](C)(C)C=Cc1ccc3c(c1)CC([Si](C)(C)O[Si](C)(C)C=Cc1ccc4c(c1)CC4)C(c1ccc4c(c1)CC4)C3)C2. The van der Waals surface area contributed by atoms with Crippen LogP contribution in [0.3, 0.4) is 0 Å². The molecule has 12 rings (SSSR count). The lowest BCUT2D eigenvalue weighted by atomic mass is 9.74. The van der Waals surface area contributed by atoms with Crippen LogP contribution in [-0.2, 0) is 89.7 Å². The van der Waals surface area contributed by atoms with Crippen LogP contribution >= 0.6 is 0 Å². The highest BCUT2D eigenvalue weighted by atomic mass is 28.4. The summed E-state index contributed by atoms with van der Waals surface area (Å²) in [6, 6.07) is 44.6. The van der Waals surface area contributed by atoms with Crippen molar-refractivity contribution >= 4 is 67.9 Å². The molecule has 0 amide bonds. The van der Waals surface area contributed by atoms with Gasteiger partial charge in [0.15, 0.2) is 41.6 Å². The molecule has 9 heteroatoms. The van der Waals surface area contributed by atoms with Crippen LogP contribution in [0.15, 0.2) is 126 Å². The number of fused-ring (bicyclic) bond motifs is 6. The van der Waals surface area contributed by atoms with Gasteiger partial charge in [-0.2, -0.15) is 0 Å². The van der Waals surface area contributed by atoms with Crippen molar-refractivity contribution in [3.63, 3.8) is 0 Å². The summed E-state index contributed by atoms with van der Waals surface area (Å²) in [5, 5.41) is 0. The number of benzene rings is 6. The van der Waals surface area contributed by atoms with E-state index in [0.29, 0.717) is 34.4 Å². The molecule has 0 heterocycles. The molecule has 0 aliphatic heterocycles. The Labute approximate surface area is 507 Å². The maximum atomic E-state index is 7.82. The van der Waals surface area contributed by atoms with Crippen molar-refractivity contribution in [2.24, 2.45) is 0 Å². The first-order valence-electron chi connectivity index (χ1n) is 32.0. The molecule has 6 aliphatic rings. The second-order valence-corrected chi connectivity index (χ2v) is 56.4. The Morgan fingerprint density at radius 2 is 0.614 bits per heavy atom. The Bertz CT molecular complexity index is 3560. The van der Waals surface area contributed by atoms with E-state index in [1.54, 1.807) is 33.4 Å². The highest BCUT2D eigenvalue weighted by molar-refractivity contribution is 6.89. The average Bonchev–Trinajstić information content (AvgIpc) is 3.05. The van der Waals surface area contributed by atoms with Gasteiger partial charge in [-0.05, 0) is 277 Å². The molecule has 0 fully saturated rings. The summed E-state index contributed by atoms with van der Waals surface area (Å²) in [5.41, 5.74) is 36.0. The van der Waals surface area contributed by atoms with Crippen LogP contribution in [0.4, 0.5) is 0 Å². The summed E-state index contributed by atoms with van der Waals surface area (Å²) < 4.78 is 21.9. The lowest BCUT2D eigenvalue weighted by molar-refractivity contribution is 0.372. The zero-order valence-electron chi connectivity index (χ0n) is 53.0. The molecule has 6 atom stereocenters. The minimum atomic E-state index is -2.31. The minimum Gasteiger partial charge on any atom is -0.452 e. The molecule has 6 aliphatic carbocycles. The van der Waals surface area contributed by atoms with Gasteiger partial charge in [0.1, 0.15) is 0 Å². The van der Waals surface area contributed by atoms with Gasteiger partial charge in [0.25, 0.3) is 0 Å². The van der Waals surface area contributed by atoms with Crippen LogP contribution in [0.5, 0.6) is 0 Å². The first kappa shape index (κ1) is 59.1. The first-order chi connectivity index (χ1) is 39.3. The zero-order valence-corrected chi connectivity index (χ0v) is 59.0. The van der Waals surface area contributed by atoms with E-state index in [2.05, 4.69) is 230 Å². The normalized spacial score (nSPS) is 22.5. The van der Waals surface area contributed by atoms with Crippen LogP contribution < -0.4 is 0 Å². The van der Waals surface area contributed by atoms with Crippen molar-refractivity contribution in [1.82, 2.24) is 0 Å². The van der Waals surface area contributed by atoms with E-state index in [0.717, 1.165) is 38.5 Å². The van der Waals surface area contributed by atoms with E-state index in [4.69, 9.17) is 12.7 Å². The quantitative estimate of drug-likeness (QED) is 0.0852. The fraction of sp³-hybridized carbons (Fsp3) is 0.432. The monoisotopic (exact) mass is 1200 g/mol. The van der Waals surface area contributed by atoms with Crippen LogP contribution in [0.25, 0.3) is 18.2 Å². The second-order valence-electron chi connectivity index (χ2n) is 30.3. The van der Waals surface area contributed by atoms with Gasteiger partial charge in [-0.1, -0.05) is 164 Å². The van der Waals surface area contributed by atoms with Gasteiger partial charge >= 0.3 is 0 Å². The van der Waals surface area contributed by atoms with Crippen LogP contribution in [0, 0.1) is 0 Å². The summed E-state index contributed by atoms with van der Waals surface area (Å²) in [6.07, 6.45) is 21.0. The molecule has 0 bridgehead atoms. The van der Waals surface area contributed by atoms with E-state index in [-0.39, 0.29) is 0 Å². The molecule has 6 aromatic carbocycles. The Kier molecular flexibility index (Phi) is 16.0. The largest absolute Gasteiger partial charge is 0.452 e. The third-order valence-electron chi connectivity index (χ3n) is 21.1. The second kappa shape index (κ2) is 22.5. The van der Waals surface area contributed by atoms with Gasteiger partial charge in [-0.25, -0.2) is 0 Å². The third-order valence-corrected chi connectivity index (χ3v) is 40.9. The predicted molar refractivity (Wildman–Crippen MR) is 370 cm³/mol. The Balaban J connectivity index is 0.795. The predicted octanol–water partition coefficient (Wildman–Crippen LogP) is 18.8. The Morgan fingerprint density at radius 1 is 0.313 bits per heavy atom. The van der Waals surface area contributed by atoms with Gasteiger partial charge < -0.3 is 12.7 Å². The maximum Gasteiger partial charge on any atom is 0.198 e. The van der Waals surface area contributed by atoms with Crippen molar-refractivity contribution in [2.75, 3.05) is 7.11 Å². The molecule has 0 spiro atoms. The molecule has 6 aromatic rings. The standard InChI is InChI=1S/C74H96O3Si6/c1-75-81(9,10)72-48-61-20-17-51(33-36-78(2,3)4)40-66(61)46-70(72)65-32-29-62-49-73(71(47-68(62)44-65)64-31-25-56-23-28-59(56)43-64)82(11,12)76-80(7,8)38-35-53-16-19-60-45-69(63-30-24-55-22-27-58(55)42-63)74(50-67(60)41-53)83(13,14)77-79(5,6)37-34-52-15-18-54-21-26-57(54)39-52/h15-20,24-25,29-44,69-74H,21-23,26-28,45-50H2,1-14H3. The smallest absolute Gasteiger partial charge is 0.198 e. The number of hydrogen-bond donors (Lipinski definition) is 0. The summed E-state index contributed by atoms with van der Waals surface area (Å²) in [6.45, 7) is 32.2. The van der Waals surface area contributed by atoms with Crippen molar-refractivity contribution in [3.8, 4) is 0 Å². The molecule has 434 valence electrons. The fourth-order valence-electron chi connectivity index (χ4n) is 15.9. The molecular formula is C74H96O3Si6. The molecule has 83 heavy (non-hydrogen) atoms. The lowest BCUT2D eigenvalue weighted by Crippen LogP contribution is -2.50. The fourth-order valence-corrected chi connectivity index (χ4v) is 36.7. The van der Waals surface area contributed by atoms with Gasteiger partial charge in [-0.15, -0.1) is 0 Å². The van der Waals surface area contributed by atoms with Gasteiger partial charge in [0.05, 0.1) is 8.07 Å². The van der Waals surface area contributed by atoms with E-state index in [9.17, 15) is 0 Å². The van der Waals surface area contributed by atoms with Crippen LogP contribution in [0.2, 0.25) is 102 Å². The van der Waals surface area contributed by atoms with E-state index in [1.165, 1.54) is 105 Å². The molecule has 0 radical (unpaired) electrons. The van der Waals surface area contributed by atoms with E-state index in [1.807, 2.05) is 7.11 Å². The van der Waals surface area contributed by atoms with Gasteiger partial charge in [0.2, 0.25) is 0 Å². The van der Waals surface area contributed by atoms with Gasteiger partial charge in [0, 0.05) is 7.11 Å². The highest BCUT2D eigenvalue weighted by Gasteiger charge is 2.48. The maximum absolute atomic E-state index is 7.82. The summed E-state index contributed by atoms with van der Waals surface area (Å²) in [4.78, 5) is 0. The first-order valence-corrected chi connectivity index (χ1v) is 50.5. The number of aryl methyl sites for hydroxylation is 6. The molecule has 3 nitrogen and oxygen atoms in total. The van der Waals surface area contributed by atoms with E-state index >= 15 is 0 Å². The topological polar surface area (TPSA) is 27.7 Å². The summed E-state index contributed by atoms with van der Waals surface area (Å²) in [7, 11) is -10.3. The molecule has 0 saturated carbocycles. The van der Waals surface area contributed by atoms with Crippen molar-refractivity contribution in [1.29, 1.82) is 0 Å². The van der Waals surface area contributed by atoms with Crippen LogP contribution in [0.1, 0.15) is 118 Å². The molecule has 0 aromatic heterocycles. The highest BCUT2D eigenvalue weighted by Crippen LogP contribution is 2.52. The molecule has 0 N–H and O–H groups in total. The van der Waals surface area contributed by atoms with Crippen molar-refractivity contribution in [3.05, 3.63) is 226 Å². The summed E-state index contributed by atoms with van der Waals surface area (Å²) >= 11 is 0. The average molecular weight is 1200 g/mol. The Hall–Kier alpha value is -4.28. The van der Waals surface area contributed by atoms with E-state index < -0.39 is 49.7 Å². The zero-order chi connectivity index (χ0) is 58.4. The minimum absolute atomic E-state index is 0.429. The summed E-state index contributed by atoms with van der Waals surface area (Å²) in [5.74, 6) is 1.33. The Morgan fingerprint density at radius 3 is 1.01 bits per heavy atom. The number of hydrogen-bond acceptors (Lipinski definition) is 3. The van der Waals surface area contributed by atoms with Crippen molar-refractivity contribution < 1.29 is 12.7 Å². The lowest BCUT2D eigenvalue weighted by Gasteiger charge is -2.45. The molecular weight excluding hydrogens is 1110 g/mol. The molecule has 0 saturated heterocycles. The number of rotatable bonds is 17. The van der Waals surface area contributed by atoms with Crippen LogP contribution in [-0.4, -0.2) is 56.8 Å². The molecule has 6 unspecified atom stereocenters. The third kappa shape index (κ3) is 12.6. The van der Waals surface area contributed by atoms with Crippen molar-refractivity contribution in [2.45, 2.75) is 197 Å².